The summed E-state index contributed by atoms with van der Waals surface area (Å²) in [6.07, 6.45) is 1.19. The number of fused-ring (bicyclic) bond motifs is 1. The SMILES string of the molecule is Cn1c(C[C@@H](NC(=O)[C@H](CCCCOC(=O)c2ccccc2)NC(=O)OC(C)(C)C)C(=O)N[C@@H](Cc2ccccc2)C(=O)N2CCC[C@@H]2C(=O)OCc2ccccc2)cc2ccccc21. The summed E-state index contributed by atoms with van der Waals surface area (Å²) in [7, 11) is 1.87. The number of carbonyl (C=O) groups is 6. The predicted octanol–water partition coefficient (Wildman–Crippen LogP) is 6.59. The van der Waals surface area contributed by atoms with E-state index >= 15 is 0 Å². The maximum Gasteiger partial charge on any atom is 0.408 e. The summed E-state index contributed by atoms with van der Waals surface area (Å²) in [4.78, 5) is 84.4. The second-order valence-corrected chi connectivity index (χ2v) is 17.2. The third kappa shape index (κ3) is 13.8. The molecule has 1 saturated heterocycles. The second-order valence-electron chi connectivity index (χ2n) is 17.2. The van der Waals surface area contributed by atoms with E-state index in [0.29, 0.717) is 37.8 Å². The van der Waals surface area contributed by atoms with Crippen LogP contribution in [0, 0.1) is 0 Å². The molecule has 5 aromatic rings. The Hall–Kier alpha value is -6.96. The van der Waals surface area contributed by atoms with E-state index in [9.17, 15) is 28.8 Å². The van der Waals surface area contributed by atoms with Gasteiger partial charge in [0.25, 0.3) is 0 Å². The zero-order chi connectivity index (χ0) is 46.3. The largest absolute Gasteiger partial charge is 0.462 e. The van der Waals surface area contributed by atoms with Crippen LogP contribution in [-0.4, -0.2) is 88.1 Å². The lowest BCUT2D eigenvalue weighted by Gasteiger charge is -2.30. The number of nitrogens with zero attached hydrogens (tertiary/aromatic N) is 2. The van der Waals surface area contributed by atoms with E-state index in [0.717, 1.165) is 27.7 Å². The summed E-state index contributed by atoms with van der Waals surface area (Å²) in [6.45, 7) is 5.56. The minimum absolute atomic E-state index is 0.0295. The maximum atomic E-state index is 14.8. The van der Waals surface area contributed by atoms with Gasteiger partial charge in [-0.05, 0) is 93.7 Å². The first-order chi connectivity index (χ1) is 31.3. The number of hydrogen-bond donors (Lipinski definition) is 3. The summed E-state index contributed by atoms with van der Waals surface area (Å²) in [5.74, 6) is -2.73. The molecular weight excluding hydrogens is 827 g/mol. The van der Waals surface area contributed by atoms with Crippen molar-refractivity contribution in [3.8, 4) is 0 Å². The third-order valence-corrected chi connectivity index (χ3v) is 11.2. The molecule has 65 heavy (non-hydrogen) atoms. The molecule has 1 fully saturated rings. The van der Waals surface area contributed by atoms with E-state index in [1.165, 1.54) is 4.90 Å². The molecule has 1 aliphatic heterocycles. The van der Waals surface area contributed by atoms with Gasteiger partial charge >= 0.3 is 18.0 Å². The summed E-state index contributed by atoms with van der Waals surface area (Å²) < 4.78 is 18.6. The van der Waals surface area contributed by atoms with Crippen molar-refractivity contribution < 1.29 is 43.0 Å². The number of aryl methyl sites for hydroxylation is 1. The summed E-state index contributed by atoms with van der Waals surface area (Å²) in [5, 5.41) is 9.49. The van der Waals surface area contributed by atoms with Crippen molar-refractivity contribution in [1.29, 1.82) is 0 Å². The number of alkyl carbamates (subject to hydrolysis) is 1. The van der Waals surface area contributed by atoms with Crippen LogP contribution >= 0.6 is 0 Å². The van der Waals surface area contributed by atoms with Gasteiger partial charge in [-0.25, -0.2) is 14.4 Å². The van der Waals surface area contributed by atoms with Crippen LogP contribution in [0.5, 0.6) is 0 Å². The number of likely N-dealkylation sites (tertiary alicyclic amines) is 1. The van der Waals surface area contributed by atoms with Crippen LogP contribution in [0.2, 0.25) is 0 Å². The third-order valence-electron chi connectivity index (χ3n) is 11.2. The van der Waals surface area contributed by atoms with Gasteiger partial charge in [0.1, 0.15) is 36.4 Å². The standard InChI is InChI=1S/C51H59N5O9/c1-51(2,3)65-50(62)54-40(26-16-17-30-63-48(60)37-23-12-7-13-24-37)45(57)52-41(33-39-32-38-25-14-15-27-43(38)55(39)4)46(58)53-42(31-35-19-8-5-9-20-35)47(59)56-29-18-28-44(56)49(61)64-34-36-21-10-6-11-22-36/h5-15,19-25,27,32,40-42,44H,16-18,26,28-31,33-34H2,1-4H3,(H,52,57)(H,53,58)(H,54,62)/t40-,41+,42-,44+/m0/s1. The van der Waals surface area contributed by atoms with E-state index in [-0.39, 0.29) is 32.5 Å². The topological polar surface area (TPSA) is 174 Å². The lowest BCUT2D eigenvalue weighted by atomic mass is 10.0. The number of esters is 2. The fourth-order valence-electron chi connectivity index (χ4n) is 7.85. The van der Waals surface area contributed by atoms with E-state index in [1.807, 2.05) is 103 Å². The van der Waals surface area contributed by atoms with Crippen molar-refractivity contribution in [2.45, 2.75) is 102 Å². The summed E-state index contributed by atoms with van der Waals surface area (Å²) in [6, 6.07) is 32.5. The van der Waals surface area contributed by atoms with Gasteiger partial charge in [-0.1, -0.05) is 97.1 Å². The molecule has 342 valence electrons. The van der Waals surface area contributed by atoms with Crippen molar-refractivity contribution in [3.63, 3.8) is 0 Å². The number of para-hydroxylation sites is 1. The summed E-state index contributed by atoms with van der Waals surface area (Å²) in [5.41, 5.74) is 2.80. The fraction of sp³-hybridized carbons (Fsp3) is 0.373. The second kappa shape index (κ2) is 22.6. The Morgan fingerprint density at radius 3 is 1.98 bits per heavy atom. The molecule has 0 aliphatic carbocycles. The van der Waals surface area contributed by atoms with Gasteiger partial charge in [-0.2, -0.15) is 0 Å². The van der Waals surface area contributed by atoms with Crippen LogP contribution in [0.4, 0.5) is 4.79 Å². The fourth-order valence-corrected chi connectivity index (χ4v) is 7.85. The van der Waals surface area contributed by atoms with Gasteiger partial charge in [0.2, 0.25) is 17.7 Å². The molecule has 2 heterocycles. The van der Waals surface area contributed by atoms with E-state index in [4.69, 9.17) is 14.2 Å². The van der Waals surface area contributed by atoms with Gasteiger partial charge in [0.05, 0.1) is 12.2 Å². The van der Waals surface area contributed by atoms with Gasteiger partial charge in [0.15, 0.2) is 0 Å². The number of unbranched alkanes of at least 4 members (excludes halogenated alkanes) is 1. The first-order valence-electron chi connectivity index (χ1n) is 22.2. The lowest BCUT2D eigenvalue weighted by Crippen LogP contribution is -2.59. The monoisotopic (exact) mass is 885 g/mol. The molecule has 14 nitrogen and oxygen atoms in total. The van der Waals surface area contributed by atoms with Crippen LogP contribution in [0.1, 0.15) is 80.1 Å². The number of carbonyl (C=O) groups excluding carboxylic acids is 6. The van der Waals surface area contributed by atoms with E-state index in [2.05, 4.69) is 16.0 Å². The number of benzene rings is 4. The Balaban J connectivity index is 1.23. The molecule has 4 amide bonds. The Morgan fingerprint density at radius 1 is 0.692 bits per heavy atom. The van der Waals surface area contributed by atoms with Crippen molar-refractivity contribution in [2.24, 2.45) is 7.05 Å². The molecule has 1 aliphatic rings. The molecule has 4 atom stereocenters. The summed E-state index contributed by atoms with van der Waals surface area (Å²) >= 11 is 0. The van der Waals surface area contributed by atoms with Crippen LogP contribution in [-0.2, 0) is 59.9 Å². The first-order valence-corrected chi connectivity index (χ1v) is 22.2. The smallest absolute Gasteiger partial charge is 0.408 e. The number of rotatable bonds is 19. The molecule has 0 bridgehead atoms. The van der Waals surface area contributed by atoms with Crippen molar-refractivity contribution in [2.75, 3.05) is 13.2 Å². The van der Waals surface area contributed by atoms with Crippen LogP contribution in [0.3, 0.4) is 0 Å². The highest BCUT2D eigenvalue weighted by molar-refractivity contribution is 5.95. The minimum atomic E-state index is -1.23. The van der Waals surface area contributed by atoms with E-state index < -0.39 is 65.5 Å². The van der Waals surface area contributed by atoms with Crippen LogP contribution in [0.25, 0.3) is 10.9 Å². The van der Waals surface area contributed by atoms with Crippen molar-refractivity contribution in [1.82, 2.24) is 25.4 Å². The Labute approximate surface area is 380 Å². The quantitative estimate of drug-likeness (QED) is 0.0470. The lowest BCUT2D eigenvalue weighted by molar-refractivity contribution is -0.155. The molecule has 1 aromatic heterocycles. The van der Waals surface area contributed by atoms with Gasteiger partial charge < -0.3 is 39.6 Å². The highest BCUT2D eigenvalue weighted by Gasteiger charge is 2.40. The Bertz CT molecular complexity index is 2400. The Kier molecular flexibility index (Phi) is 16.5. The molecule has 0 saturated carbocycles. The maximum absolute atomic E-state index is 14.8. The highest BCUT2D eigenvalue weighted by Crippen LogP contribution is 2.23. The Morgan fingerprint density at radius 2 is 1.31 bits per heavy atom. The van der Waals surface area contributed by atoms with Crippen molar-refractivity contribution in [3.05, 3.63) is 144 Å². The minimum Gasteiger partial charge on any atom is -0.462 e. The average molecular weight is 886 g/mol. The molecule has 14 heteroatoms. The molecule has 0 radical (unpaired) electrons. The molecular formula is C51H59N5O9. The number of ether oxygens (including phenoxy) is 3. The molecule has 6 rings (SSSR count). The highest BCUT2D eigenvalue weighted by atomic mass is 16.6. The van der Waals surface area contributed by atoms with Crippen LogP contribution in [0.15, 0.2) is 121 Å². The van der Waals surface area contributed by atoms with Gasteiger partial charge in [0, 0.05) is 37.6 Å². The van der Waals surface area contributed by atoms with E-state index in [1.54, 1.807) is 51.1 Å². The normalized spacial score (nSPS) is 15.0. The zero-order valence-corrected chi connectivity index (χ0v) is 37.5. The first kappa shape index (κ1) is 47.5. The average Bonchev–Trinajstić information content (AvgIpc) is 3.92. The number of aromatic nitrogens is 1. The molecule has 4 aromatic carbocycles. The van der Waals surface area contributed by atoms with Gasteiger partial charge in [-0.3, -0.25) is 14.4 Å². The molecule has 3 N–H and O–H groups in total. The van der Waals surface area contributed by atoms with Crippen molar-refractivity contribution >= 4 is 46.7 Å². The number of amides is 4. The molecule has 0 unspecified atom stereocenters. The zero-order valence-electron chi connectivity index (χ0n) is 37.5. The number of hydrogen-bond acceptors (Lipinski definition) is 9. The number of nitrogens with one attached hydrogen (secondary N) is 3. The van der Waals surface area contributed by atoms with Gasteiger partial charge in [-0.15, -0.1) is 0 Å². The molecule has 0 spiro atoms. The predicted molar refractivity (Wildman–Crippen MR) is 245 cm³/mol. The van der Waals surface area contributed by atoms with Crippen LogP contribution < -0.4 is 16.0 Å².